The summed E-state index contributed by atoms with van der Waals surface area (Å²) in [6.45, 7) is 6.51. The molecular weight excluding hydrogens is 180 g/mol. The van der Waals surface area contributed by atoms with Crippen molar-refractivity contribution in [1.82, 2.24) is 5.32 Å². The van der Waals surface area contributed by atoms with Gasteiger partial charge in [0.15, 0.2) is 0 Å². The van der Waals surface area contributed by atoms with Crippen LogP contribution in [0.4, 0.5) is 0 Å². The first-order valence-electron chi connectivity index (χ1n) is 5.24. The van der Waals surface area contributed by atoms with Crippen LogP contribution in [0.1, 0.15) is 33.1 Å². The Hall–Kier alpha value is 0.270. The van der Waals surface area contributed by atoms with Gasteiger partial charge in [-0.1, -0.05) is 0 Å². The Morgan fingerprint density at radius 3 is 2.92 bits per heavy atom. The predicted octanol–water partition coefficient (Wildman–Crippen LogP) is 1.60. The molecule has 0 bridgehead atoms. The van der Waals surface area contributed by atoms with E-state index >= 15 is 0 Å². The summed E-state index contributed by atoms with van der Waals surface area (Å²) in [5.41, 5.74) is 5.50. The Kier molecular flexibility index (Phi) is 4.56. The van der Waals surface area contributed by atoms with Crippen molar-refractivity contribution in [2.75, 3.05) is 18.8 Å². The standard InChI is InChI=1S/C10H22N2S/c1-9(4-6-11)12-8-10(2)5-3-7-13-10/h9,12H,3-8,11H2,1-2H3. The van der Waals surface area contributed by atoms with Crippen LogP contribution in [0, 0.1) is 0 Å². The first-order valence-corrected chi connectivity index (χ1v) is 6.22. The molecule has 1 rings (SSSR count). The smallest absolute Gasteiger partial charge is 0.0256 e. The second kappa shape index (κ2) is 5.23. The van der Waals surface area contributed by atoms with Crippen LogP contribution in [0.15, 0.2) is 0 Å². The molecular formula is C10H22N2S. The van der Waals surface area contributed by atoms with Gasteiger partial charge in [-0.2, -0.15) is 11.8 Å². The fourth-order valence-corrected chi connectivity index (χ4v) is 2.97. The third-order valence-electron chi connectivity index (χ3n) is 2.72. The first-order chi connectivity index (χ1) is 6.16. The van der Waals surface area contributed by atoms with E-state index in [-0.39, 0.29) is 0 Å². The molecule has 0 aliphatic carbocycles. The van der Waals surface area contributed by atoms with E-state index in [9.17, 15) is 0 Å². The Labute approximate surface area is 86.0 Å². The topological polar surface area (TPSA) is 38.0 Å². The lowest BCUT2D eigenvalue weighted by molar-refractivity contribution is 0.465. The van der Waals surface area contributed by atoms with Crippen molar-refractivity contribution in [3.8, 4) is 0 Å². The largest absolute Gasteiger partial charge is 0.330 e. The highest BCUT2D eigenvalue weighted by molar-refractivity contribution is 8.00. The predicted molar refractivity (Wildman–Crippen MR) is 61.2 cm³/mol. The average Bonchev–Trinajstić information content (AvgIpc) is 2.51. The molecule has 13 heavy (non-hydrogen) atoms. The van der Waals surface area contributed by atoms with Crippen LogP contribution in [0.5, 0.6) is 0 Å². The quantitative estimate of drug-likeness (QED) is 0.711. The van der Waals surface area contributed by atoms with Crippen molar-refractivity contribution >= 4 is 11.8 Å². The van der Waals surface area contributed by atoms with Gasteiger partial charge >= 0.3 is 0 Å². The van der Waals surface area contributed by atoms with Crippen LogP contribution in [0.3, 0.4) is 0 Å². The van der Waals surface area contributed by atoms with E-state index in [1.165, 1.54) is 18.6 Å². The highest BCUT2D eigenvalue weighted by Crippen LogP contribution is 2.36. The lowest BCUT2D eigenvalue weighted by Crippen LogP contribution is -2.38. The van der Waals surface area contributed by atoms with Crippen LogP contribution in [-0.4, -0.2) is 29.6 Å². The molecule has 1 saturated heterocycles. The number of hydrogen-bond donors (Lipinski definition) is 2. The van der Waals surface area contributed by atoms with Crippen molar-refractivity contribution in [3.05, 3.63) is 0 Å². The number of rotatable bonds is 5. The van der Waals surface area contributed by atoms with Crippen molar-refractivity contribution < 1.29 is 0 Å². The van der Waals surface area contributed by atoms with Crippen LogP contribution in [-0.2, 0) is 0 Å². The van der Waals surface area contributed by atoms with Crippen molar-refractivity contribution in [1.29, 1.82) is 0 Å². The van der Waals surface area contributed by atoms with E-state index < -0.39 is 0 Å². The normalized spacial score (nSPS) is 30.7. The third kappa shape index (κ3) is 3.88. The molecule has 0 radical (unpaired) electrons. The molecule has 1 heterocycles. The van der Waals surface area contributed by atoms with Gasteiger partial charge in [-0.25, -0.2) is 0 Å². The van der Waals surface area contributed by atoms with Gasteiger partial charge in [0, 0.05) is 17.3 Å². The summed E-state index contributed by atoms with van der Waals surface area (Å²) in [5, 5.41) is 3.57. The van der Waals surface area contributed by atoms with Gasteiger partial charge in [0.05, 0.1) is 0 Å². The molecule has 2 atom stereocenters. The van der Waals surface area contributed by atoms with Gasteiger partial charge < -0.3 is 11.1 Å². The molecule has 0 aromatic rings. The average molecular weight is 202 g/mol. The van der Waals surface area contributed by atoms with Gasteiger partial charge in [-0.05, 0) is 45.4 Å². The lowest BCUT2D eigenvalue weighted by Gasteiger charge is -2.25. The molecule has 2 unspecified atom stereocenters. The molecule has 0 aromatic carbocycles. The van der Waals surface area contributed by atoms with Crippen LogP contribution >= 0.6 is 11.8 Å². The zero-order valence-corrected chi connectivity index (χ0v) is 9.62. The minimum absolute atomic E-state index is 0.489. The van der Waals surface area contributed by atoms with Gasteiger partial charge in [0.1, 0.15) is 0 Å². The highest BCUT2D eigenvalue weighted by atomic mass is 32.2. The maximum absolute atomic E-state index is 5.50. The van der Waals surface area contributed by atoms with Crippen molar-refractivity contribution in [3.63, 3.8) is 0 Å². The van der Waals surface area contributed by atoms with Gasteiger partial charge in [-0.3, -0.25) is 0 Å². The van der Waals surface area contributed by atoms with E-state index in [1.54, 1.807) is 0 Å². The molecule has 0 spiro atoms. The summed E-state index contributed by atoms with van der Waals surface area (Å²) in [6, 6.07) is 0.572. The molecule has 1 fully saturated rings. The maximum Gasteiger partial charge on any atom is 0.0256 e. The Bertz CT molecular complexity index is 144. The van der Waals surface area contributed by atoms with Crippen LogP contribution in [0.2, 0.25) is 0 Å². The van der Waals surface area contributed by atoms with E-state index in [0.717, 1.165) is 19.5 Å². The lowest BCUT2D eigenvalue weighted by atomic mass is 10.1. The monoisotopic (exact) mass is 202 g/mol. The number of thioether (sulfide) groups is 1. The number of hydrogen-bond acceptors (Lipinski definition) is 3. The first kappa shape index (κ1) is 11.3. The second-order valence-corrected chi connectivity index (χ2v) is 5.94. The highest BCUT2D eigenvalue weighted by Gasteiger charge is 2.29. The van der Waals surface area contributed by atoms with E-state index in [2.05, 4.69) is 30.9 Å². The Morgan fingerprint density at radius 2 is 2.38 bits per heavy atom. The summed E-state index contributed by atoms with van der Waals surface area (Å²) >= 11 is 2.11. The van der Waals surface area contributed by atoms with E-state index in [1.807, 2.05) is 0 Å². The molecule has 0 aromatic heterocycles. The molecule has 78 valence electrons. The summed E-state index contributed by atoms with van der Waals surface area (Å²) < 4.78 is 0.489. The molecule has 1 aliphatic heterocycles. The van der Waals surface area contributed by atoms with E-state index in [0.29, 0.717) is 10.8 Å². The molecule has 0 amide bonds. The summed E-state index contributed by atoms with van der Waals surface area (Å²) in [5.74, 6) is 1.34. The minimum Gasteiger partial charge on any atom is -0.330 e. The van der Waals surface area contributed by atoms with Crippen LogP contribution in [0.25, 0.3) is 0 Å². The second-order valence-electron chi connectivity index (χ2n) is 4.26. The van der Waals surface area contributed by atoms with Gasteiger partial charge in [0.2, 0.25) is 0 Å². The molecule has 1 aliphatic rings. The fraction of sp³-hybridized carbons (Fsp3) is 1.00. The zero-order valence-electron chi connectivity index (χ0n) is 8.81. The van der Waals surface area contributed by atoms with Gasteiger partial charge in [0.25, 0.3) is 0 Å². The minimum atomic E-state index is 0.489. The summed E-state index contributed by atoms with van der Waals surface area (Å²) in [7, 11) is 0. The SMILES string of the molecule is CC(CCN)NCC1(C)CCCS1. The molecule has 2 nitrogen and oxygen atoms in total. The maximum atomic E-state index is 5.50. The fourth-order valence-electron chi connectivity index (χ4n) is 1.72. The van der Waals surface area contributed by atoms with Gasteiger partial charge in [-0.15, -0.1) is 0 Å². The van der Waals surface area contributed by atoms with Crippen LogP contribution < -0.4 is 11.1 Å². The molecule has 3 heteroatoms. The summed E-state index contributed by atoms with van der Waals surface area (Å²) in [4.78, 5) is 0. The zero-order chi connectivity index (χ0) is 9.73. The van der Waals surface area contributed by atoms with E-state index in [4.69, 9.17) is 5.73 Å². The van der Waals surface area contributed by atoms with Crippen molar-refractivity contribution in [2.24, 2.45) is 5.73 Å². The molecule has 3 N–H and O–H groups in total. The summed E-state index contributed by atoms with van der Waals surface area (Å²) in [6.07, 6.45) is 3.83. The number of nitrogens with two attached hydrogens (primary N) is 1. The Morgan fingerprint density at radius 1 is 1.62 bits per heavy atom. The third-order valence-corrected chi connectivity index (χ3v) is 4.26. The Balaban J connectivity index is 2.17. The van der Waals surface area contributed by atoms with Crippen molar-refractivity contribution in [2.45, 2.75) is 43.9 Å². The number of nitrogens with one attached hydrogen (secondary N) is 1. The molecule has 0 saturated carbocycles.